The quantitative estimate of drug-likeness (QED) is 0.804. The first-order valence-corrected chi connectivity index (χ1v) is 6.65. The minimum absolute atomic E-state index is 0.0814. The SMILES string of the molecule is CC1C(=O)NCCN1CCOc1ccccc1CN. The van der Waals surface area contributed by atoms with E-state index < -0.39 is 0 Å². The molecule has 19 heavy (non-hydrogen) atoms. The lowest BCUT2D eigenvalue weighted by molar-refractivity contribution is -0.128. The van der Waals surface area contributed by atoms with Gasteiger partial charge in [-0.05, 0) is 13.0 Å². The molecule has 1 fully saturated rings. The van der Waals surface area contributed by atoms with Crippen LogP contribution in [0.5, 0.6) is 5.75 Å². The van der Waals surface area contributed by atoms with E-state index in [1.807, 2.05) is 31.2 Å². The van der Waals surface area contributed by atoms with Gasteiger partial charge in [-0.25, -0.2) is 0 Å². The van der Waals surface area contributed by atoms with Crippen molar-refractivity contribution >= 4 is 5.91 Å². The van der Waals surface area contributed by atoms with Crippen LogP contribution in [0.4, 0.5) is 0 Å². The summed E-state index contributed by atoms with van der Waals surface area (Å²) >= 11 is 0. The van der Waals surface area contributed by atoms with Crippen LogP contribution in [0, 0.1) is 0 Å². The second-order valence-electron chi connectivity index (χ2n) is 4.66. The fraction of sp³-hybridized carbons (Fsp3) is 0.500. The molecule has 0 saturated carbocycles. The van der Waals surface area contributed by atoms with E-state index in [-0.39, 0.29) is 11.9 Å². The Morgan fingerprint density at radius 3 is 3.05 bits per heavy atom. The van der Waals surface area contributed by atoms with Crippen LogP contribution in [0.25, 0.3) is 0 Å². The van der Waals surface area contributed by atoms with Gasteiger partial charge >= 0.3 is 0 Å². The van der Waals surface area contributed by atoms with Crippen LogP contribution >= 0.6 is 0 Å². The molecule has 0 aromatic heterocycles. The standard InChI is InChI=1S/C14H21N3O2/c1-11-14(18)16-6-7-17(11)8-9-19-13-5-3-2-4-12(13)10-15/h2-5,11H,6-10,15H2,1H3,(H,16,18). The molecule has 1 amide bonds. The number of carbonyl (C=O) groups is 1. The number of piperazine rings is 1. The summed E-state index contributed by atoms with van der Waals surface area (Å²) in [6.45, 7) is 5.28. The molecule has 1 atom stereocenters. The Kier molecular flexibility index (Phi) is 4.76. The molecule has 1 saturated heterocycles. The number of benzene rings is 1. The van der Waals surface area contributed by atoms with Gasteiger partial charge < -0.3 is 15.8 Å². The third kappa shape index (κ3) is 3.45. The molecule has 3 N–H and O–H groups in total. The first kappa shape index (κ1) is 13.8. The van der Waals surface area contributed by atoms with Crippen LogP contribution in [-0.4, -0.2) is 43.1 Å². The average molecular weight is 263 g/mol. The monoisotopic (exact) mass is 263 g/mol. The smallest absolute Gasteiger partial charge is 0.237 e. The van der Waals surface area contributed by atoms with Crippen LogP contribution in [0.1, 0.15) is 12.5 Å². The second kappa shape index (κ2) is 6.54. The van der Waals surface area contributed by atoms with E-state index in [1.165, 1.54) is 0 Å². The number of hydrogen-bond donors (Lipinski definition) is 2. The zero-order valence-electron chi connectivity index (χ0n) is 11.3. The first-order chi connectivity index (χ1) is 9.22. The van der Waals surface area contributed by atoms with Gasteiger partial charge in [-0.1, -0.05) is 18.2 Å². The highest BCUT2D eigenvalue weighted by molar-refractivity contribution is 5.81. The van der Waals surface area contributed by atoms with Crippen molar-refractivity contribution in [2.75, 3.05) is 26.2 Å². The van der Waals surface area contributed by atoms with E-state index >= 15 is 0 Å². The predicted octanol–water partition coefficient (Wildman–Crippen LogP) is 0.344. The number of rotatable bonds is 5. The third-order valence-electron chi connectivity index (χ3n) is 3.45. The first-order valence-electron chi connectivity index (χ1n) is 6.65. The maximum atomic E-state index is 11.5. The Hall–Kier alpha value is -1.59. The third-order valence-corrected chi connectivity index (χ3v) is 3.45. The lowest BCUT2D eigenvalue weighted by atomic mass is 10.2. The largest absolute Gasteiger partial charge is 0.492 e. The predicted molar refractivity (Wildman–Crippen MR) is 73.9 cm³/mol. The molecule has 5 heteroatoms. The average Bonchev–Trinajstić information content (AvgIpc) is 2.44. The van der Waals surface area contributed by atoms with Gasteiger partial charge in [-0.3, -0.25) is 9.69 Å². The van der Waals surface area contributed by atoms with Gasteiger partial charge in [-0.2, -0.15) is 0 Å². The van der Waals surface area contributed by atoms with Crippen molar-refractivity contribution in [1.29, 1.82) is 0 Å². The Morgan fingerprint density at radius 1 is 1.47 bits per heavy atom. The summed E-state index contributed by atoms with van der Waals surface area (Å²) in [6.07, 6.45) is 0. The molecule has 5 nitrogen and oxygen atoms in total. The molecule has 104 valence electrons. The van der Waals surface area contributed by atoms with Crippen LogP contribution in [0.15, 0.2) is 24.3 Å². The van der Waals surface area contributed by atoms with Gasteiger partial charge in [-0.15, -0.1) is 0 Å². The Morgan fingerprint density at radius 2 is 2.26 bits per heavy atom. The van der Waals surface area contributed by atoms with Crippen molar-refractivity contribution in [3.8, 4) is 5.75 Å². The van der Waals surface area contributed by atoms with Crippen molar-refractivity contribution in [1.82, 2.24) is 10.2 Å². The maximum Gasteiger partial charge on any atom is 0.237 e. The molecule has 1 aromatic rings. The molecule has 0 aliphatic carbocycles. The summed E-state index contributed by atoms with van der Waals surface area (Å²) in [4.78, 5) is 13.7. The summed E-state index contributed by atoms with van der Waals surface area (Å²) in [6, 6.07) is 7.69. The zero-order valence-corrected chi connectivity index (χ0v) is 11.3. The van der Waals surface area contributed by atoms with Gasteiger partial charge in [0.15, 0.2) is 0 Å². The van der Waals surface area contributed by atoms with Crippen LogP contribution in [0.3, 0.4) is 0 Å². The number of ether oxygens (including phenoxy) is 1. The summed E-state index contributed by atoms with van der Waals surface area (Å²) in [7, 11) is 0. The Balaban J connectivity index is 1.84. The van der Waals surface area contributed by atoms with Crippen molar-refractivity contribution in [2.24, 2.45) is 5.73 Å². The number of hydrogen-bond acceptors (Lipinski definition) is 4. The molecule has 0 spiro atoms. The summed E-state index contributed by atoms with van der Waals surface area (Å²) in [5.74, 6) is 0.924. The molecule has 1 aromatic carbocycles. The molecule has 0 bridgehead atoms. The number of amides is 1. The van der Waals surface area contributed by atoms with E-state index in [2.05, 4.69) is 10.2 Å². The number of nitrogens with one attached hydrogen (secondary N) is 1. The number of para-hydroxylation sites is 1. The lowest BCUT2D eigenvalue weighted by Gasteiger charge is -2.32. The van der Waals surface area contributed by atoms with Crippen LogP contribution in [0.2, 0.25) is 0 Å². The minimum atomic E-state index is -0.0814. The van der Waals surface area contributed by atoms with E-state index in [9.17, 15) is 4.79 Å². The maximum absolute atomic E-state index is 11.5. The molecule has 2 rings (SSSR count). The number of nitrogens with two attached hydrogens (primary N) is 1. The van der Waals surface area contributed by atoms with E-state index in [1.54, 1.807) is 0 Å². The molecular weight excluding hydrogens is 242 g/mol. The molecule has 1 unspecified atom stereocenters. The highest BCUT2D eigenvalue weighted by Gasteiger charge is 2.24. The Labute approximate surface area is 113 Å². The van der Waals surface area contributed by atoms with E-state index in [4.69, 9.17) is 10.5 Å². The van der Waals surface area contributed by atoms with Gasteiger partial charge in [0.1, 0.15) is 12.4 Å². The van der Waals surface area contributed by atoms with Crippen molar-refractivity contribution in [3.05, 3.63) is 29.8 Å². The fourth-order valence-corrected chi connectivity index (χ4v) is 2.22. The van der Waals surface area contributed by atoms with E-state index in [0.717, 1.165) is 24.4 Å². The molecule has 1 aliphatic rings. The molecule has 1 aliphatic heterocycles. The fourth-order valence-electron chi connectivity index (χ4n) is 2.22. The second-order valence-corrected chi connectivity index (χ2v) is 4.66. The number of carbonyl (C=O) groups excluding carboxylic acids is 1. The highest BCUT2D eigenvalue weighted by Crippen LogP contribution is 2.17. The molecular formula is C14H21N3O2. The Bertz CT molecular complexity index is 436. The zero-order chi connectivity index (χ0) is 13.7. The number of nitrogens with zero attached hydrogens (tertiary/aromatic N) is 1. The normalized spacial score (nSPS) is 20.1. The summed E-state index contributed by atoms with van der Waals surface area (Å²) in [5.41, 5.74) is 6.67. The van der Waals surface area contributed by atoms with Crippen molar-refractivity contribution < 1.29 is 9.53 Å². The molecule has 0 radical (unpaired) electrons. The van der Waals surface area contributed by atoms with Crippen LogP contribution in [-0.2, 0) is 11.3 Å². The van der Waals surface area contributed by atoms with E-state index in [0.29, 0.717) is 19.7 Å². The van der Waals surface area contributed by atoms with Gasteiger partial charge in [0.05, 0.1) is 6.04 Å². The lowest BCUT2D eigenvalue weighted by Crippen LogP contribution is -2.54. The summed E-state index contributed by atoms with van der Waals surface area (Å²) < 4.78 is 5.76. The topological polar surface area (TPSA) is 67.6 Å². The molecule has 1 heterocycles. The van der Waals surface area contributed by atoms with Gasteiger partial charge in [0.2, 0.25) is 5.91 Å². The summed E-state index contributed by atoms with van der Waals surface area (Å²) in [5, 5.41) is 2.85. The minimum Gasteiger partial charge on any atom is -0.492 e. The highest BCUT2D eigenvalue weighted by atomic mass is 16.5. The van der Waals surface area contributed by atoms with Crippen LogP contribution < -0.4 is 15.8 Å². The van der Waals surface area contributed by atoms with Crippen molar-refractivity contribution in [3.63, 3.8) is 0 Å². The van der Waals surface area contributed by atoms with Gasteiger partial charge in [0, 0.05) is 31.7 Å². The van der Waals surface area contributed by atoms with Crippen molar-refractivity contribution in [2.45, 2.75) is 19.5 Å². The van der Waals surface area contributed by atoms with Gasteiger partial charge in [0.25, 0.3) is 0 Å².